The molecule has 0 N–H and O–H groups in total. The average Bonchev–Trinajstić information content (AvgIpc) is 2.55. The van der Waals surface area contributed by atoms with E-state index in [0.29, 0.717) is 26.2 Å². The van der Waals surface area contributed by atoms with Crippen LogP contribution in [0.1, 0.15) is 20.8 Å². The summed E-state index contributed by atoms with van der Waals surface area (Å²) in [5.74, 6) is -1.30. The van der Waals surface area contributed by atoms with Crippen molar-refractivity contribution in [2.45, 2.75) is 26.4 Å². The SMILES string of the molecule is C[S@+]([O-])CCOc1cc(N2CCN(C(=O)OC(C)(C)C)CC2)c(F)cc1F. The number of benzene rings is 1. The Hall–Kier alpha value is -1.74. The van der Waals surface area contributed by atoms with Gasteiger partial charge in [0.05, 0.1) is 11.9 Å². The van der Waals surface area contributed by atoms with Crippen molar-refractivity contribution in [1.82, 2.24) is 4.90 Å². The predicted octanol–water partition coefficient (Wildman–Crippen LogP) is 2.78. The molecule has 2 rings (SSSR count). The molecule has 0 spiro atoms. The van der Waals surface area contributed by atoms with Gasteiger partial charge in [-0.25, -0.2) is 13.6 Å². The highest BCUT2D eigenvalue weighted by Crippen LogP contribution is 2.29. The zero-order chi connectivity index (χ0) is 20.2. The molecule has 1 heterocycles. The Kier molecular flexibility index (Phi) is 7.16. The summed E-state index contributed by atoms with van der Waals surface area (Å²) in [6.07, 6.45) is 1.12. The molecule has 9 heteroatoms. The van der Waals surface area contributed by atoms with Gasteiger partial charge in [0.25, 0.3) is 0 Å². The Balaban J connectivity index is 2.01. The summed E-state index contributed by atoms with van der Waals surface area (Å²) in [4.78, 5) is 15.4. The van der Waals surface area contributed by atoms with E-state index in [4.69, 9.17) is 9.47 Å². The van der Waals surface area contributed by atoms with Gasteiger partial charge in [-0.05, 0) is 20.8 Å². The number of carbonyl (C=O) groups excluding carboxylic acids is 1. The van der Waals surface area contributed by atoms with E-state index in [1.807, 2.05) is 0 Å². The maximum absolute atomic E-state index is 14.3. The Morgan fingerprint density at radius 1 is 1.19 bits per heavy atom. The minimum Gasteiger partial charge on any atom is -0.616 e. The summed E-state index contributed by atoms with van der Waals surface area (Å²) in [7, 11) is 0. The molecule has 1 fully saturated rings. The zero-order valence-corrected chi connectivity index (χ0v) is 16.9. The van der Waals surface area contributed by atoms with Crippen molar-refractivity contribution < 1.29 is 27.6 Å². The van der Waals surface area contributed by atoms with Gasteiger partial charge < -0.3 is 23.8 Å². The highest BCUT2D eigenvalue weighted by atomic mass is 32.2. The van der Waals surface area contributed by atoms with Crippen LogP contribution in [0.25, 0.3) is 0 Å². The van der Waals surface area contributed by atoms with E-state index in [0.717, 1.165) is 6.07 Å². The van der Waals surface area contributed by atoms with Gasteiger partial charge in [-0.3, -0.25) is 0 Å². The number of hydrogen-bond donors (Lipinski definition) is 0. The molecule has 0 bridgehead atoms. The summed E-state index contributed by atoms with van der Waals surface area (Å²) in [6, 6.07) is 2.10. The monoisotopic (exact) mass is 404 g/mol. The van der Waals surface area contributed by atoms with Gasteiger partial charge in [-0.1, -0.05) is 11.2 Å². The lowest BCUT2D eigenvalue weighted by Gasteiger charge is -2.37. The van der Waals surface area contributed by atoms with Crippen LogP contribution in [-0.4, -0.2) is 65.9 Å². The van der Waals surface area contributed by atoms with Crippen molar-refractivity contribution in [3.63, 3.8) is 0 Å². The molecule has 0 radical (unpaired) electrons. The molecule has 0 aromatic heterocycles. The van der Waals surface area contributed by atoms with Gasteiger partial charge in [0.2, 0.25) is 0 Å². The fourth-order valence-corrected chi connectivity index (χ4v) is 2.91. The number of anilines is 1. The van der Waals surface area contributed by atoms with Crippen LogP contribution in [0.15, 0.2) is 12.1 Å². The Bertz CT molecular complexity index is 659. The summed E-state index contributed by atoms with van der Waals surface area (Å²) in [5, 5.41) is 0. The van der Waals surface area contributed by atoms with Crippen molar-refractivity contribution in [3.05, 3.63) is 23.8 Å². The van der Waals surface area contributed by atoms with Gasteiger partial charge in [-0.15, -0.1) is 0 Å². The molecule has 1 aromatic rings. The van der Waals surface area contributed by atoms with E-state index >= 15 is 0 Å². The zero-order valence-electron chi connectivity index (χ0n) is 16.1. The first-order valence-electron chi connectivity index (χ1n) is 8.71. The fraction of sp³-hybridized carbons (Fsp3) is 0.611. The molecule has 1 atom stereocenters. The standard InChI is InChI=1S/C18H26F2N2O4S/c1-18(2,3)26-17(23)22-7-5-21(6-8-22)15-12-16(14(20)11-13(15)19)25-9-10-27(4)24/h11-12H,5-10H2,1-4H3/t27-/m0/s1. The lowest BCUT2D eigenvalue weighted by atomic mass is 10.2. The van der Waals surface area contributed by atoms with E-state index in [1.165, 1.54) is 12.3 Å². The lowest BCUT2D eigenvalue weighted by Crippen LogP contribution is -2.50. The van der Waals surface area contributed by atoms with Crippen molar-refractivity contribution in [3.8, 4) is 5.75 Å². The van der Waals surface area contributed by atoms with Crippen molar-refractivity contribution in [2.24, 2.45) is 0 Å². The van der Waals surface area contributed by atoms with Gasteiger partial charge in [-0.2, -0.15) is 0 Å². The van der Waals surface area contributed by atoms with Crippen molar-refractivity contribution in [2.75, 3.05) is 49.7 Å². The second kappa shape index (κ2) is 8.97. The average molecular weight is 404 g/mol. The van der Waals surface area contributed by atoms with Crippen molar-refractivity contribution in [1.29, 1.82) is 0 Å². The molecular formula is C18H26F2N2O4S. The first kappa shape index (κ1) is 21.6. The third-order valence-electron chi connectivity index (χ3n) is 3.90. The van der Waals surface area contributed by atoms with Crippen molar-refractivity contribution >= 4 is 23.0 Å². The molecule has 0 saturated carbocycles. The summed E-state index contributed by atoms with van der Waals surface area (Å²) < 4.78 is 49.9. The van der Waals surface area contributed by atoms with Gasteiger partial charge in [0.1, 0.15) is 23.8 Å². The van der Waals surface area contributed by atoms with Crippen LogP contribution in [0.5, 0.6) is 5.75 Å². The molecule has 1 amide bonds. The molecule has 1 saturated heterocycles. The minimum absolute atomic E-state index is 0.0774. The Labute approximate surface area is 161 Å². The minimum atomic E-state index is -1.06. The number of carbonyl (C=O) groups is 1. The summed E-state index contributed by atoms with van der Waals surface area (Å²) in [6.45, 7) is 6.99. The topological polar surface area (TPSA) is 65.1 Å². The van der Waals surface area contributed by atoms with E-state index in [1.54, 1.807) is 30.6 Å². The molecule has 27 heavy (non-hydrogen) atoms. The van der Waals surface area contributed by atoms with E-state index < -0.39 is 34.5 Å². The quantitative estimate of drug-likeness (QED) is 0.706. The number of halogens is 2. The molecule has 0 unspecified atom stereocenters. The van der Waals surface area contributed by atoms with Gasteiger partial charge in [0, 0.05) is 38.3 Å². The van der Waals surface area contributed by atoms with Gasteiger partial charge >= 0.3 is 6.09 Å². The highest BCUT2D eigenvalue weighted by molar-refractivity contribution is 7.90. The van der Waals surface area contributed by atoms with Crippen LogP contribution >= 0.6 is 0 Å². The van der Waals surface area contributed by atoms with E-state index in [9.17, 15) is 18.1 Å². The van der Waals surface area contributed by atoms with Crippen LogP contribution in [-0.2, 0) is 15.9 Å². The predicted molar refractivity (Wildman–Crippen MR) is 101 cm³/mol. The number of rotatable bonds is 5. The van der Waals surface area contributed by atoms with Crippen LogP contribution in [0.3, 0.4) is 0 Å². The third kappa shape index (κ3) is 6.42. The highest BCUT2D eigenvalue weighted by Gasteiger charge is 2.27. The number of nitrogens with zero attached hydrogens (tertiary/aromatic N) is 2. The smallest absolute Gasteiger partial charge is 0.410 e. The fourth-order valence-electron chi connectivity index (χ4n) is 2.60. The summed E-state index contributed by atoms with van der Waals surface area (Å²) in [5.41, 5.74) is -0.362. The molecular weight excluding hydrogens is 378 g/mol. The van der Waals surface area contributed by atoms with Crippen LogP contribution < -0.4 is 9.64 Å². The largest absolute Gasteiger partial charge is 0.616 e. The second-order valence-corrected chi connectivity index (χ2v) is 8.87. The Morgan fingerprint density at radius 2 is 1.81 bits per heavy atom. The van der Waals surface area contributed by atoms with Crippen LogP contribution in [0, 0.1) is 11.6 Å². The van der Waals surface area contributed by atoms with Crippen LogP contribution in [0.2, 0.25) is 0 Å². The Morgan fingerprint density at radius 3 is 2.37 bits per heavy atom. The summed E-state index contributed by atoms with van der Waals surface area (Å²) >= 11 is -1.06. The molecule has 1 aromatic carbocycles. The van der Waals surface area contributed by atoms with Crippen LogP contribution in [0.4, 0.5) is 19.3 Å². The first-order chi connectivity index (χ1) is 12.6. The molecule has 1 aliphatic heterocycles. The van der Waals surface area contributed by atoms with E-state index in [2.05, 4.69) is 0 Å². The molecule has 0 aliphatic carbocycles. The maximum Gasteiger partial charge on any atom is 0.410 e. The second-order valence-electron chi connectivity index (χ2n) is 7.31. The normalized spacial score (nSPS) is 16.3. The molecule has 152 valence electrons. The molecule has 1 aliphatic rings. The van der Waals surface area contributed by atoms with E-state index in [-0.39, 0.29) is 23.8 Å². The number of hydrogen-bond acceptors (Lipinski definition) is 5. The third-order valence-corrected chi connectivity index (χ3v) is 4.64. The van der Waals surface area contributed by atoms with Gasteiger partial charge in [0.15, 0.2) is 11.6 Å². The number of amides is 1. The number of piperazine rings is 1. The first-order valence-corrected chi connectivity index (χ1v) is 10.4. The number of ether oxygens (including phenoxy) is 2. The molecule has 6 nitrogen and oxygen atoms in total. The maximum atomic E-state index is 14.3. The lowest BCUT2D eigenvalue weighted by molar-refractivity contribution is 0.0240.